The Morgan fingerprint density at radius 2 is 1.60 bits per heavy atom. The van der Waals surface area contributed by atoms with Crippen LogP contribution in [-0.2, 0) is 26.7 Å². The van der Waals surface area contributed by atoms with Crippen LogP contribution in [-0.4, -0.2) is 62.5 Å². The van der Waals surface area contributed by atoms with Gasteiger partial charge in [-0.15, -0.1) is 22.7 Å². The molecule has 0 radical (unpaired) electrons. The number of ether oxygens (including phenoxy) is 1. The number of rotatable bonds is 14. The second-order valence-corrected chi connectivity index (χ2v) is 15.2. The molecule has 0 unspecified atom stereocenters. The number of aliphatic hydroxyl groups excluding tert-OH is 1. The molecule has 14 heteroatoms. The molecule has 0 atom stereocenters. The van der Waals surface area contributed by atoms with E-state index in [4.69, 9.17) is 9.84 Å². The Hall–Kier alpha value is -3.92. The van der Waals surface area contributed by atoms with Gasteiger partial charge in [-0.2, -0.15) is 5.10 Å². The van der Waals surface area contributed by atoms with E-state index in [1.54, 1.807) is 30.5 Å². The van der Waals surface area contributed by atoms with Crippen LogP contribution in [0.4, 0.5) is 0 Å². The third kappa shape index (κ3) is 9.56. The van der Waals surface area contributed by atoms with Gasteiger partial charge in [-0.3, -0.25) is 9.59 Å². The smallest absolute Gasteiger partial charge is 0.281 e. The molecule has 4 aromatic rings. The molecule has 0 aliphatic carbocycles. The number of carbonyl (C=O) groups excluding carboxylic acids is 2. The number of nitrogens with one attached hydrogen (secondary N) is 3. The van der Waals surface area contributed by atoms with E-state index < -0.39 is 15.9 Å². The molecule has 11 nitrogen and oxygen atoms in total. The van der Waals surface area contributed by atoms with Crippen molar-refractivity contribution >= 4 is 50.2 Å². The van der Waals surface area contributed by atoms with E-state index in [0.717, 1.165) is 16.9 Å². The highest BCUT2D eigenvalue weighted by Gasteiger charge is 2.19. The van der Waals surface area contributed by atoms with Crippen molar-refractivity contribution in [3.05, 3.63) is 92.5 Å². The van der Waals surface area contributed by atoms with Crippen molar-refractivity contribution in [1.29, 1.82) is 0 Å². The summed E-state index contributed by atoms with van der Waals surface area (Å²) in [4.78, 5) is 26.9. The number of hydrazone groups is 1. The van der Waals surface area contributed by atoms with E-state index in [1.807, 2.05) is 12.1 Å². The van der Waals surface area contributed by atoms with Crippen LogP contribution < -0.4 is 15.5 Å². The van der Waals surface area contributed by atoms with Gasteiger partial charge in [0.25, 0.3) is 11.8 Å². The van der Waals surface area contributed by atoms with E-state index in [-0.39, 0.29) is 59.8 Å². The van der Waals surface area contributed by atoms with Gasteiger partial charge in [0.1, 0.15) is 5.75 Å². The first-order valence-electron chi connectivity index (χ1n) is 14.7. The zero-order chi connectivity index (χ0) is 34.2. The van der Waals surface area contributed by atoms with Crippen LogP contribution in [0.2, 0.25) is 0 Å². The van der Waals surface area contributed by atoms with Gasteiger partial charge in [0.15, 0.2) is 0 Å². The van der Waals surface area contributed by atoms with Gasteiger partial charge >= 0.3 is 0 Å². The lowest BCUT2D eigenvalue weighted by Crippen LogP contribution is -2.28. The molecule has 47 heavy (non-hydrogen) atoms. The molecule has 0 spiro atoms. The fourth-order valence-corrected chi connectivity index (χ4v) is 7.16. The minimum atomic E-state index is -3.73. The largest absolute Gasteiger partial charge is 0.506 e. The van der Waals surface area contributed by atoms with Gasteiger partial charge < -0.3 is 20.3 Å². The van der Waals surface area contributed by atoms with E-state index in [9.17, 15) is 23.1 Å². The van der Waals surface area contributed by atoms with Crippen molar-refractivity contribution in [3.63, 3.8) is 0 Å². The number of hydrogen-bond donors (Lipinski definition) is 5. The number of thiophene rings is 2. The molecule has 2 amide bonds. The number of benzene rings is 2. The third-order valence-electron chi connectivity index (χ3n) is 7.01. The fourth-order valence-electron chi connectivity index (χ4n) is 4.32. The van der Waals surface area contributed by atoms with E-state index >= 15 is 0 Å². The van der Waals surface area contributed by atoms with Crippen LogP contribution in [0.5, 0.6) is 5.75 Å². The van der Waals surface area contributed by atoms with Crippen molar-refractivity contribution in [3.8, 4) is 16.2 Å². The molecule has 0 aliphatic heterocycles. The summed E-state index contributed by atoms with van der Waals surface area (Å²) in [7, 11) is -3.73. The highest BCUT2D eigenvalue weighted by molar-refractivity contribution is 7.89. The highest BCUT2D eigenvalue weighted by Crippen LogP contribution is 2.39. The van der Waals surface area contributed by atoms with Gasteiger partial charge in [-0.05, 0) is 53.3 Å². The molecular weight excluding hydrogens is 661 g/mol. The summed E-state index contributed by atoms with van der Waals surface area (Å²) in [5, 5.41) is 28.3. The minimum Gasteiger partial charge on any atom is -0.506 e. The monoisotopic (exact) mass is 698 g/mol. The maximum atomic E-state index is 12.8. The highest BCUT2D eigenvalue weighted by atomic mass is 32.2. The summed E-state index contributed by atoms with van der Waals surface area (Å²) < 4.78 is 32.3. The van der Waals surface area contributed by atoms with Crippen LogP contribution >= 0.6 is 22.7 Å². The molecule has 0 saturated heterocycles. The summed E-state index contributed by atoms with van der Waals surface area (Å²) in [6.07, 6.45) is 0. The summed E-state index contributed by atoms with van der Waals surface area (Å²) >= 11 is 2.40. The topological polar surface area (TPSA) is 166 Å². The Labute approximate surface area is 282 Å². The van der Waals surface area contributed by atoms with Gasteiger partial charge in [0.05, 0.1) is 50.6 Å². The quantitative estimate of drug-likeness (QED) is 0.0713. The molecule has 0 aliphatic rings. The van der Waals surface area contributed by atoms with Crippen molar-refractivity contribution in [2.75, 3.05) is 26.4 Å². The number of hydrogen-bond acceptors (Lipinski definition) is 10. The lowest BCUT2D eigenvalue weighted by molar-refractivity contribution is 0.0950. The number of sulfonamides is 1. The first-order chi connectivity index (χ1) is 22.3. The number of aromatic hydroxyl groups is 1. The van der Waals surface area contributed by atoms with E-state index in [1.165, 1.54) is 35.1 Å². The van der Waals surface area contributed by atoms with Crippen LogP contribution in [0.3, 0.4) is 0 Å². The average molecular weight is 699 g/mol. The Bertz CT molecular complexity index is 1820. The zero-order valence-electron chi connectivity index (χ0n) is 26.5. The lowest BCUT2D eigenvalue weighted by Gasteiger charge is -2.19. The molecule has 2 aromatic carbocycles. The second-order valence-electron chi connectivity index (χ2n) is 11.5. The molecule has 5 N–H and O–H groups in total. The summed E-state index contributed by atoms with van der Waals surface area (Å²) in [6.45, 7) is 8.47. The first-order valence-corrected chi connectivity index (χ1v) is 17.9. The van der Waals surface area contributed by atoms with Crippen molar-refractivity contribution in [1.82, 2.24) is 15.5 Å². The maximum absolute atomic E-state index is 12.8. The maximum Gasteiger partial charge on any atom is 0.281 e. The summed E-state index contributed by atoms with van der Waals surface area (Å²) in [6, 6.07) is 17.2. The Balaban J connectivity index is 1.30. The fraction of sp³-hybridized carbons (Fsp3) is 0.303. The molecule has 0 bridgehead atoms. The number of carbonyl (C=O) groups is 2. The second kappa shape index (κ2) is 15.8. The normalized spacial score (nSPS) is 12.2. The molecule has 0 saturated carbocycles. The predicted octanol–water partition coefficient (Wildman–Crippen LogP) is 4.85. The molecule has 4 rings (SSSR count). The van der Waals surface area contributed by atoms with Crippen LogP contribution in [0.25, 0.3) is 10.4 Å². The van der Waals surface area contributed by atoms with Crippen molar-refractivity contribution < 1.29 is 33.0 Å². The van der Waals surface area contributed by atoms with Gasteiger partial charge in [0.2, 0.25) is 10.0 Å². The Morgan fingerprint density at radius 3 is 2.23 bits per heavy atom. The van der Waals surface area contributed by atoms with Gasteiger partial charge in [-0.1, -0.05) is 57.2 Å². The minimum absolute atomic E-state index is 0.0229. The molecule has 2 aromatic heterocycles. The lowest BCUT2D eigenvalue weighted by atomic mass is 9.86. The van der Waals surface area contributed by atoms with Crippen LogP contribution in [0.1, 0.15) is 63.7 Å². The SMILES string of the molecule is C/C(=N\NC(=O)c1ccc(C(=O)NCc2ccc(S(=O)(=O)NCCOCCO)cc2)s1)c1csc(-c2ccc(C(C)(C)C)cc2)c1O. The zero-order valence-corrected chi connectivity index (χ0v) is 28.9. The summed E-state index contributed by atoms with van der Waals surface area (Å²) in [5.74, 6) is -0.787. The predicted molar refractivity (Wildman–Crippen MR) is 185 cm³/mol. The number of nitrogens with zero attached hydrogens (tertiary/aromatic N) is 1. The third-order valence-corrected chi connectivity index (χ3v) is 10.6. The van der Waals surface area contributed by atoms with Gasteiger partial charge in [0, 0.05) is 18.5 Å². The number of aliphatic hydroxyl groups is 1. The summed E-state index contributed by atoms with van der Waals surface area (Å²) in [5.41, 5.74) is 6.24. The standard InChI is InChI=1S/C33H38N4O7S3/c1-21(26-20-45-30(29(26)39)23-7-9-24(10-8-23)33(2,3)4)36-37-32(41)28-14-13-27(46-28)31(40)34-19-22-5-11-25(12-6-22)47(42,43)35-15-17-44-18-16-38/h5-14,20,35,38-39H,15-19H2,1-4H3,(H,34,40)(H,37,41)/b36-21+. The van der Waals surface area contributed by atoms with Crippen LogP contribution in [0, 0.1) is 0 Å². The van der Waals surface area contributed by atoms with Crippen LogP contribution in [0.15, 0.2) is 76.0 Å². The Morgan fingerprint density at radius 1 is 0.936 bits per heavy atom. The van der Waals surface area contributed by atoms with Crippen molar-refractivity contribution in [2.45, 2.75) is 44.6 Å². The first kappa shape index (κ1) is 35.9. The average Bonchev–Trinajstić information content (AvgIpc) is 3.70. The van der Waals surface area contributed by atoms with E-state index in [0.29, 0.717) is 26.6 Å². The number of amides is 2. The Kier molecular flexibility index (Phi) is 12.1. The van der Waals surface area contributed by atoms with Gasteiger partial charge in [-0.25, -0.2) is 18.6 Å². The van der Waals surface area contributed by atoms with Crippen molar-refractivity contribution in [2.24, 2.45) is 5.10 Å². The van der Waals surface area contributed by atoms with E-state index in [2.05, 4.69) is 53.5 Å². The molecule has 250 valence electrons. The molecule has 0 fully saturated rings. The molecule has 2 heterocycles. The molecular formula is C33H38N4O7S3.